The number of pyridine rings is 1. The highest BCUT2D eigenvalue weighted by molar-refractivity contribution is 5.10. The molecule has 0 N–H and O–H groups in total. The minimum absolute atomic E-state index is 0.0211. The van der Waals surface area contributed by atoms with E-state index in [0.717, 1.165) is 50.5 Å². The molecule has 2 saturated heterocycles. The molecule has 5 heteroatoms. The number of aromatic nitrogens is 1. The van der Waals surface area contributed by atoms with Gasteiger partial charge in [-0.05, 0) is 31.5 Å². The van der Waals surface area contributed by atoms with Gasteiger partial charge in [-0.3, -0.25) is 9.88 Å². The van der Waals surface area contributed by atoms with Gasteiger partial charge in [0.25, 0.3) is 0 Å². The Hall–Kier alpha value is -1.69. The van der Waals surface area contributed by atoms with Crippen LogP contribution >= 0.6 is 0 Å². The molecule has 2 fully saturated rings. The van der Waals surface area contributed by atoms with Crippen molar-refractivity contribution in [3.63, 3.8) is 0 Å². The monoisotopic (exact) mass is 328 g/mol. The largest absolute Gasteiger partial charge is 0.472 e. The molecule has 128 valence electrons. The van der Waals surface area contributed by atoms with Crippen LogP contribution in [0.15, 0.2) is 41.2 Å². The van der Waals surface area contributed by atoms with Gasteiger partial charge in [-0.1, -0.05) is 6.07 Å². The third kappa shape index (κ3) is 3.53. The van der Waals surface area contributed by atoms with Gasteiger partial charge in [0.1, 0.15) is 0 Å². The maximum atomic E-state index is 6.12. The molecular formula is C19H24N2O3. The van der Waals surface area contributed by atoms with Crippen molar-refractivity contribution in [2.45, 2.75) is 44.6 Å². The number of ether oxygens (including phenoxy) is 2. The Balaban J connectivity index is 1.27. The van der Waals surface area contributed by atoms with E-state index in [0.29, 0.717) is 6.61 Å². The van der Waals surface area contributed by atoms with E-state index in [-0.39, 0.29) is 11.7 Å². The zero-order chi connectivity index (χ0) is 16.4. The van der Waals surface area contributed by atoms with Gasteiger partial charge in [-0.25, -0.2) is 0 Å². The predicted octanol–water partition coefficient (Wildman–Crippen LogP) is 2.93. The summed E-state index contributed by atoms with van der Waals surface area (Å²) in [6.45, 7) is 6.25. The number of hydrogen-bond acceptors (Lipinski definition) is 5. The Morgan fingerprint density at radius 3 is 3.04 bits per heavy atom. The van der Waals surface area contributed by atoms with Crippen LogP contribution in [0.5, 0.6) is 0 Å². The standard InChI is InChI=1S/C19H24N2O3/c1-15-3-2-4-17(20-15)12-23-18-6-8-24-19(9-18)13-21(14-19)10-16-5-7-22-11-16/h2-5,7,11,18H,6,8-10,12-14H2,1H3/t18-/m1/s1. The van der Waals surface area contributed by atoms with Gasteiger partial charge in [0.05, 0.1) is 36.5 Å². The highest BCUT2D eigenvalue weighted by Gasteiger charge is 2.47. The van der Waals surface area contributed by atoms with Crippen molar-refractivity contribution in [2.24, 2.45) is 0 Å². The van der Waals surface area contributed by atoms with Crippen LogP contribution in [0, 0.1) is 6.92 Å². The minimum atomic E-state index is -0.0211. The zero-order valence-electron chi connectivity index (χ0n) is 14.1. The minimum Gasteiger partial charge on any atom is -0.472 e. The fourth-order valence-corrected chi connectivity index (χ4v) is 3.75. The summed E-state index contributed by atoms with van der Waals surface area (Å²) in [5.74, 6) is 0. The molecule has 0 aliphatic carbocycles. The molecule has 0 aromatic carbocycles. The third-order valence-electron chi connectivity index (χ3n) is 4.87. The molecule has 0 unspecified atom stereocenters. The molecule has 0 radical (unpaired) electrons. The summed E-state index contributed by atoms with van der Waals surface area (Å²) in [5.41, 5.74) is 3.24. The molecule has 5 nitrogen and oxygen atoms in total. The maximum absolute atomic E-state index is 6.12. The summed E-state index contributed by atoms with van der Waals surface area (Å²) in [5, 5.41) is 0. The van der Waals surface area contributed by atoms with Gasteiger partial charge < -0.3 is 13.9 Å². The first-order valence-corrected chi connectivity index (χ1v) is 8.62. The molecule has 24 heavy (non-hydrogen) atoms. The van der Waals surface area contributed by atoms with Crippen LogP contribution in [0.2, 0.25) is 0 Å². The molecule has 1 atom stereocenters. The number of nitrogens with zero attached hydrogens (tertiary/aromatic N) is 2. The van der Waals surface area contributed by atoms with Crippen LogP contribution in [-0.2, 0) is 22.6 Å². The number of likely N-dealkylation sites (tertiary alicyclic amines) is 1. The second kappa shape index (κ2) is 6.67. The fraction of sp³-hybridized carbons (Fsp3) is 0.526. The lowest BCUT2D eigenvalue weighted by molar-refractivity contribution is -0.200. The van der Waals surface area contributed by atoms with E-state index >= 15 is 0 Å². The number of rotatable bonds is 5. The topological polar surface area (TPSA) is 47.7 Å². The summed E-state index contributed by atoms with van der Waals surface area (Å²) in [4.78, 5) is 6.91. The summed E-state index contributed by atoms with van der Waals surface area (Å²) < 4.78 is 17.3. The van der Waals surface area contributed by atoms with Crippen molar-refractivity contribution >= 4 is 0 Å². The smallest absolute Gasteiger partial charge is 0.0959 e. The third-order valence-corrected chi connectivity index (χ3v) is 4.87. The average molecular weight is 328 g/mol. The summed E-state index contributed by atoms with van der Waals surface area (Å²) in [6, 6.07) is 8.09. The molecule has 2 aromatic heterocycles. The first-order valence-electron chi connectivity index (χ1n) is 8.62. The van der Waals surface area contributed by atoms with E-state index in [4.69, 9.17) is 13.9 Å². The van der Waals surface area contributed by atoms with E-state index in [1.807, 2.05) is 37.5 Å². The van der Waals surface area contributed by atoms with Crippen molar-refractivity contribution in [3.05, 3.63) is 53.7 Å². The average Bonchev–Trinajstić information content (AvgIpc) is 3.05. The molecule has 2 aliphatic rings. The molecule has 2 aromatic rings. The maximum Gasteiger partial charge on any atom is 0.0959 e. The lowest BCUT2D eigenvalue weighted by Crippen LogP contribution is -2.65. The number of aryl methyl sites for hydroxylation is 1. The Bertz CT molecular complexity index is 665. The molecule has 4 heterocycles. The van der Waals surface area contributed by atoms with Crippen LogP contribution in [0.25, 0.3) is 0 Å². The van der Waals surface area contributed by atoms with Crippen molar-refractivity contribution in [1.82, 2.24) is 9.88 Å². The Morgan fingerprint density at radius 1 is 1.33 bits per heavy atom. The summed E-state index contributed by atoms with van der Waals surface area (Å²) in [6.07, 6.45) is 5.74. The van der Waals surface area contributed by atoms with Crippen molar-refractivity contribution in [3.8, 4) is 0 Å². The lowest BCUT2D eigenvalue weighted by atomic mass is 9.84. The fourth-order valence-electron chi connectivity index (χ4n) is 3.75. The van der Waals surface area contributed by atoms with Crippen LogP contribution in [-0.4, -0.2) is 41.3 Å². The Morgan fingerprint density at radius 2 is 2.25 bits per heavy atom. The van der Waals surface area contributed by atoms with Crippen molar-refractivity contribution in [2.75, 3.05) is 19.7 Å². The molecule has 0 bridgehead atoms. The van der Waals surface area contributed by atoms with Gasteiger partial charge in [0.15, 0.2) is 0 Å². The van der Waals surface area contributed by atoms with E-state index in [1.54, 1.807) is 6.26 Å². The van der Waals surface area contributed by atoms with Crippen LogP contribution in [0.4, 0.5) is 0 Å². The van der Waals surface area contributed by atoms with Gasteiger partial charge in [-0.15, -0.1) is 0 Å². The second-order valence-electron chi connectivity index (χ2n) is 7.00. The normalized spacial score (nSPS) is 23.3. The van der Waals surface area contributed by atoms with E-state index in [1.165, 1.54) is 5.56 Å². The number of hydrogen-bond donors (Lipinski definition) is 0. The SMILES string of the molecule is Cc1cccc(CO[C@@H]2CCOC3(C2)CN(Cc2ccoc2)C3)n1. The van der Waals surface area contributed by atoms with Crippen molar-refractivity contribution < 1.29 is 13.9 Å². The molecular weight excluding hydrogens is 304 g/mol. The van der Waals surface area contributed by atoms with E-state index < -0.39 is 0 Å². The highest BCUT2D eigenvalue weighted by atomic mass is 16.5. The zero-order valence-corrected chi connectivity index (χ0v) is 14.1. The van der Waals surface area contributed by atoms with E-state index in [2.05, 4.69) is 9.88 Å². The molecule has 2 aliphatic heterocycles. The van der Waals surface area contributed by atoms with Gasteiger partial charge in [0.2, 0.25) is 0 Å². The Kier molecular flexibility index (Phi) is 4.39. The highest BCUT2D eigenvalue weighted by Crippen LogP contribution is 2.36. The van der Waals surface area contributed by atoms with Gasteiger partial charge >= 0.3 is 0 Å². The predicted molar refractivity (Wildman–Crippen MR) is 89.5 cm³/mol. The lowest BCUT2D eigenvalue weighted by Gasteiger charge is -2.53. The van der Waals surface area contributed by atoms with Gasteiger partial charge in [0, 0.05) is 43.9 Å². The Labute approximate surface area is 142 Å². The second-order valence-corrected chi connectivity index (χ2v) is 7.00. The number of furan rings is 1. The molecule has 0 saturated carbocycles. The molecule has 4 rings (SSSR count). The van der Waals surface area contributed by atoms with Crippen LogP contribution < -0.4 is 0 Å². The molecule has 1 spiro atoms. The quantitative estimate of drug-likeness (QED) is 0.844. The first kappa shape index (κ1) is 15.8. The van der Waals surface area contributed by atoms with Gasteiger partial charge in [-0.2, -0.15) is 0 Å². The summed E-state index contributed by atoms with van der Waals surface area (Å²) >= 11 is 0. The van der Waals surface area contributed by atoms with Crippen LogP contribution in [0.1, 0.15) is 29.8 Å². The first-order chi connectivity index (χ1) is 11.7. The molecule has 0 amide bonds. The van der Waals surface area contributed by atoms with Crippen LogP contribution in [0.3, 0.4) is 0 Å². The van der Waals surface area contributed by atoms with Crippen molar-refractivity contribution in [1.29, 1.82) is 0 Å². The van der Waals surface area contributed by atoms with E-state index in [9.17, 15) is 0 Å². The summed E-state index contributed by atoms with van der Waals surface area (Å²) in [7, 11) is 0.